The Morgan fingerprint density at radius 3 is 2.54 bits per heavy atom. The molecule has 11 heteroatoms. The van der Waals surface area contributed by atoms with Gasteiger partial charge in [-0.05, 0) is 50.6 Å². The number of esters is 1. The molecule has 0 spiro atoms. The van der Waals surface area contributed by atoms with Crippen LogP contribution in [0.25, 0.3) is 6.08 Å². The van der Waals surface area contributed by atoms with Crippen LogP contribution in [0.4, 0.5) is 5.88 Å². The van der Waals surface area contributed by atoms with E-state index in [4.69, 9.17) is 9.15 Å². The number of carbonyl (C=O) groups excluding carboxylic acids is 3. The predicted molar refractivity (Wildman–Crippen MR) is 126 cm³/mol. The third-order valence-electron chi connectivity index (χ3n) is 5.60. The average molecular weight is 485 g/mol. The van der Waals surface area contributed by atoms with Crippen molar-refractivity contribution in [1.29, 1.82) is 0 Å². The Bertz CT molecular complexity index is 1070. The summed E-state index contributed by atoms with van der Waals surface area (Å²) in [7, 11) is 0. The Balaban J connectivity index is 1.74. The zero-order valence-corrected chi connectivity index (χ0v) is 19.3. The van der Waals surface area contributed by atoms with E-state index >= 15 is 0 Å². The van der Waals surface area contributed by atoms with Crippen LogP contribution in [-0.2, 0) is 25.5 Å². The fourth-order valence-electron chi connectivity index (χ4n) is 3.81. The molecule has 1 aromatic carbocycles. The van der Waals surface area contributed by atoms with E-state index in [1.165, 1.54) is 18.2 Å². The summed E-state index contributed by atoms with van der Waals surface area (Å²) >= 11 is 0. The Kier molecular flexibility index (Phi) is 8.74. The third-order valence-corrected chi connectivity index (χ3v) is 5.60. The standard InChI is InChI=1S/C24H28N4O7/c1-2-34-22(30)19(16-17-6-4-3-5-7-17)26-23(31)24(12-14-25-15-13-24)27-20(29)10-8-18-9-11-21(35-18)28(32)33/h3-11,19,25H,2,12-16H2,1H3,(H,26,31)(H,27,29). The Labute approximate surface area is 202 Å². The molecule has 1 aromatic heterocycles. The van der Waals surface area contributed by atoms with Crippen LogP contribution in [0.3, 0.4) is 0 Å². The van der Waals surface area contributed by atoms with Crippen molar-refractivity contribution in [2.45, 2.75) is 37.8 Å². The smallest absolute Gasteiger partial charge is 0.433 e. The van der Waals surface area contributed by atoms with Crippen LogP contribution in [0.15, 0.2) is 53.0 Å². The van der Waals surface area contributed by atoms with Crippen molar-refractivity contribution in [2.75, 3.05) is 19.7 Å². The fourth-order valence-corrected chi connectivity index (χ4v) is 3.81. The highest BCUT2D eigenvalue weighted by Crippen LogP contribution is 2.21. The van der Waals surface area contributed by atoms with Gasteiger partial charge in [-0.25, -0.2) is 4.79 Å². The summed E-state index contributed by atoms with van der Waals surface area (Å²) in [5.41, 5.74) is -0.395. The maximum Gasteiger partial charge on any atom is 0.433 e. The van der Waals surface area contributed by atoms with Gasteiger partial charge in [-0.2, -0.15) is 0 Å². The molecule has 2 heterocycles. The van der Waals surface area contributed by atoms with Crippen molar-refractivity contribution in [2.24, 2.45) is 0 Å². The molecule has 0 radical (unpaired) electrons. The first-order chi connectivity index (χ1) is 16.8. The minimum absolute atomic E-state index is 0.126. The number of rotatable bonds is 10. The minimum Gasteiger partial charge on any atom is -0.464 e. The summed E-state index contributed by atoms with van der Waals surface area (Å²) < 4.78 is 10.2. The van der Waals surface area contributed by atoms with Crippen LogP contribution in [0.2, 0.25) is 0 Å². The number of amides is 2. The molecular formula is C24H28N4O7. The summed E-state index contributed by atoms with van der Waals surface area (Å²) in [5, 5.41) is 19.5. The highest BCUT2D eigenvalue weighted by Gasteiger charge is 2.42. The number of hydrogen-bond acceptors (Lipinski definition) is 8. The largest absolute Gasteiger partial charge is 0.464 e. The molecule has 186 valence electrons. The number of benzene rings is 1. The van der Waals surface area contributed by atoms with Gasteiger partial charge in [0.15, 0.2) is 0 Å². The first kappa shape index (κ1) is 25.6. The molecule has 1 saturated heterocycles. The lowest BCUT2D eigenvalue weighted by Crippen LogP contribution is -2.64. The second-order valence-corrected chi connectivity index (χ2v) is 8.06. The number of carbonyl (C=O) groups is 3. The molecule has 2 amide bonds. The number of nitrogens with zero attached hydrogens (tertiary/aromatic N) is 1. The number of ether oxygens (including phenoxy) is 1. The first-order valence-corrected chi connectivity index (χ1v) is 11.3. The molecule has 35 heavy (non-hydrogen) atoms. The quantitative estimate of drug-likeness (QED) is 0.199. The van der Waals surface area contributed by atoms with E-state index < -0.39 is 40.2 Å². The van der Waals surface area contributed by atoms with E-state index in [1.54, 1.807) is 6.92 Å². The van der Waals surface area contributed by atoms with Gasteiger partial charge in [-0.3, -0.25) is 19.7 Å². The van der Waals surface area contributed by atoms with E-state index in [2.05, 4.69) is 16.0 Å². The van der Waals surface area contributed by atoms with Gasteiger partial charge in [0.2, 0.25) is 11.8 Å². The molecule has 3 N–H and O–H groups in total. The molecule has 0 saturated carbocycles. The molecule has 0 aliphatic carbocycles. The van der Waals surface area contributed by atoms with E-state index in [-0.39, 0.29) is 18.8 Å². The Morgan fingerprint density at radius 1 is 1.20 bits per heavy atom. The first-order valence-electron chi connectivity index (χ1n) is 11.3. The Hall–Kier alpha value is -3.99. The summed E-state index contributed by atoms with van der Waals surface area (Å²) in [6.07, 6.45) is 3.29. The summed E-state index contributed by atoms with van der Waals surface area (Å²) in [5.74, 6) is -1.93. The molecular weight excluding hydrogens is 456 g/mol. The van der Waals surface area contributed by atoms with E-state index in [1.807, 2.05) is 30.3 Å². The second kappa shape index (κ2) is 11.9. The molecule has 11 nitrogen and oxygen atoms in total. The van der Waals surface area contributed by atoms with Gasteiger partial charge < -0.3 is 25.1 Å². The topological polar surface area (TPSA) is 153 Å². The van der Waals surface area contributed by atoms with Crippen LogP contribution in [0.5, 0.6) is 0 Å². The van der Waals surface area contributed by atoms with Crippen LogP contribution in [-0.4, -0.2) is 54.0 Å². The maximum atomic E-state index is 13.4. The average Bonchev–Trinajstić information content (AvgIpc) is 3.33. The molecule has 1 aliphatic heterocycles. The van der Waals surface area contributed by atoms with E-state index in [0.717, 1.165) is 11.6 Å². The predicted octanol–water partition coefficient (Wildman–Crippen LogP) is 1.73. The highest BCUT2D eigenvalue weighted by molar-refractivity contribution is 5.98. The van der Waals surface area contributed by atoms with Crippen molar-refractivity contribution in [3.63, 3.8) is 0 Å². The number of nitrogens with one attached hydrogen (secondary N) is 3. The van der Waals surface area contributed by atoms with E-state index in [9.17, 15) is 24.5 Å². The van der Waals surface area contributed by atoms with E-state index in [0.29, 0.717) is 25.9 Å². The van der Waals surface area contributed by atoms with Crippen molar-refractivity contribution >= 4 is 29.7 Å². The van der Waals surface area contributed by atoms with Gasteiger partial charge >= 0.3 is 11.9 Å². The molecule has 1 unspecified atom stereocenters. The highest BCUT2D eigenvalue weighted by atomic mass is 16.6. The summed E-state index contributed by atoms with van der Waals surface area (Å²) in [6.45, 7) is 2.84. The number of furan rings is 1. The van der Waals surface area contributed by atoms with Crippen LogP contribution >= 0.6 is 0 Å². The Morgan fingerprint density at radius 2 is 1.91 bits per heavy atom. The van der Waals surface area contributed by atoms with Gasteiger partial charge in [0.25, 0.3) is 0 Å². The molecule has 1 fully saturated rings. The lowest BCUT2D eigenvalue weighted by atomic mass is 9.86. The fraction of sp³-hybridized carbons (Fsp3) is 0.375. The monoisotopic (exact) mass is 484 g/mol. The van der Waals surface area contributed by atoms with Crippen molar-refractivity contribution in [3.8, 4) is 0 Å². The summed E-state index contributed by atoms with van der Waals surface area (Å²) in [4.78, 5) is 48.8. The normalized spacial score (nSPS) is 15.8. The molecule has 2 aromatic rings. The van der Waals surface area contributed by atoms with Gasteiger partial charge in [-0.1, -0.05) is 30.3 Å². The summed E-state index contributed by atoms with van der Waals surface area (Å²) in [6, 6.07) is 10.9. The maximum absolute atomic E-state index is 13.4. The van der Waals surface area contributed by atoms with Crippen LogP contribution in [0.1, 0.15) is 31.1 Å². The van der Waals surface area contributed by atoms with Gasteiger partial charge in [0.1, 0.15) is 22.3 Å². The molecule has 1 atom stereocenters. The lowest BCUT2D eigenvalue weighted by Gasteiger charge is -2.37. The van der Waals surface area contributed by atoms with Crippen molar-refractivity contribution < 1.29 is 28.5 Å². The third kappa shape index (κ3) is 7.00. The second-order valence-electron chi connectivity index (χ2n) is 8.06. The van der Waals surface area contributed by atoms with Crippen LogP contribution < -0.4 is 16.0 Å². The van der Waals surface area contributed by atoms with Crippen molar-refractivity contribution in [1.82, 2.24) is 16.0 Å². The van der Waals surface area contributed by atoms with Gasteiger partial charge in [0.05, 0.1) is 12.7 Å². The molecule has 3 rings (SSSR count). The lowest BCUT2D eigenvalue weighted by molar-refractivity contribution is -0.402. The number of nitro groups is 1. The molecule has 1 aliphatic rings. The molecule has 0 bridgehead atoms. The van der Waals surface area contributed by atoms with Crippen LogP contribution in [0, 0.1) is 10.1 Å². The SMILES string of the molecule is CCOC(=O)C(Cc1ccccc1)NC(=O)C1(NC(=O)C=Cc2ccc([N+](=O)[O-])o2)CCNCC1. The zero-order chi connectivity index (χ0) is 25.3. The zero-order valence-electron chi connectivity index (χ0n) is 19.3. The van der Waals surface area contributed by atoms with Gasteiger partial charge in [0, 0.05) is 12.5 Å². The number of piperidine rings is 1. The van der Waals surface area contributed by atoms with Crippen molar-refractivity contribution in [3.05, 3.63) is 70.0 Å². The minimum atomic E-state index is -1.25. The van der Waals surface area contributed by atoms with Gasteiger partial charge in [-0.15, -0.1) is 0 Å². The number of hydrogen-bond donors (Lipinski definition) is 3.